The third-order valence-electron chi connectivity index (χ3n) is 3.83. The van der Waals surface area contributed by atoms with Crippen LogP contribution in [0.1, 0.15) is 21.5 Å². The number of aromatic carboxylic acids is 1. The number of carbonyl (C=O) groups is 2. The molecule has 1 aromatic heterocycles. The summed E-state index contributed by atoms with van der Waals surface area (Å²) in [5, 5.41) is 14.6. The van der Waals surface area contributed by atoms with Crippen LogP contribution in [-0.2, 0) is 6.54 Å². The van der Waals surface area contributed by atoms with E-state index >= 15 is 0 Å². The third kappa shape index (κ3) is 2.79. The van der Waals surface area contributed by atoms with Crippen LogP contribution >= 0.6 is 0 Å². The van der Waals surface area contributed by atoms with E-state index in [1.807, 2.05) is 31.2 Å². The van der Waals surface area contributed by atoms with Crippen LogP contribution in [0.5, 0.6) is 0 Å². The van der Waals surface area contributed by atoms with Gasteiger partial charge in [-0.1, -0.05) is 24.3 Å². The zero-order valence-electron chi connectivity index (χ0n) is 12.9. The Bertz CT molecular complexity index is 1000. The van der Waals surface area contributed by atoms with E-state index in [1.165, 1.54) is 18.2 Å². The SMILES string of the molecule is Cc1ccccc1CNC(=O)n1[nH]c2cc(C(=O)O)ccc2c1=O. The average Bonchev–Trinajstić information content (AvgIpc) is 2.90. The van der Waals surface area contributed by atoms with Crippen molar-refractivity contribution in [1.82, 2.24) is 15.1 Å². The summed E-state index contributed by atoms with van der Waals surface area (Å²) in [6, 6.07) is 11.0. The summed E-state index contributed by atoms with van der Waals surface area (Å²) < 4.78 is 0.842. The van der Waals surface area contributed by atoms with Crippen molar-refractivity contribution in [2.24, 2.45) is 0 Å². The Labute approximate surface area is 136 Å². The predicted molar refractivity (Wildman–Crippen MR) is 88.3 cm³/mol. The van der Waals surface area contributed by atoms with Crippen LogP contribution in [0.3, 0.4) is 0 Å². The summed E-state index contributed by atoms with van der Waals surface area (Å²) in [6.07, 6.45) is 0. The number of carboxylic acids is 1. The fraction of sp³-hybridized carbons (Fsp3) is 0.118. The number of hydrogen-bond acceptors (Lipinski definition) is 3. The van der Waals surface area contributed by atoms with Crippen molar-refractivity contribution in [3.05, 3.63) is 69.5 Å². The van der Waals surface area contributed by atoms with Gasteiger partial charge in [-0.3, -0.25) is 9.89 Å². The Kier molecular flexibility index (Phi) is 3.91. The van der Waals surface area contributed by atoms with Crippen LogP contribution in [0.25, 0.3) is 10.9 Å². The summed E-state index contributed by atoms with van der Waals surface area (Å²) in [6.45, 7) is 2.22. The Morgan fingerprint density at radius 2 is 1.96 bits per heavy atom. The van der Waals surface area contributed by atoms with Gasteiger partial charge in [0, 0.05) is 6.54 Å². The first-order valence-corrected chi connectivity index (χ1v) is 7.28. The molecule has 1 amide bonds. The number of fused-ring (bicyclic) bond motifs is 1. The number of nitrogens with zero attached hydrogens (tertiary/aromatic N) is 1. The molecule has 7 heteroatoms. The molecule has 0 aliphatic carbocycles. The molecule has 24 heavy (non-hydrogen) atoms. The molecule has 0 fully saturated rings. The van der Waals surface area contributed by atoms with Crippen LogP contribution < -0.4 is 10.9 Å². The molecule has 0 aliphatic rings. The van der Waals surface area contributed by atoms with Gasteiger partial charge in [0.1, 0.15) is 0 Å². The first kappa shape index (κ1) is 15.5. The summed E-state index contributed by atoms with van der Waals surface area (Å²) >= 11 is 0. The maximum atomic E-state index is 12.3. The predicted octanol–water partition coefficient (Wildman–Crippen LogP) is 2.09. The first-order chi connectivity index (χ1) is 11.5. The number of amides is 1. The third-order valence-corrected chi connectivity index (χ3v) is 3.83. The normalized spacial score (nSPS) is 10.7. The number of aromatic nitrogens is 2. The van der Waals surface area contributed by atoms with Crippen molar-refractivity contribution >= 4 is 22.9 Å². The van der Waals surface area contributed by atoms with Crippen molar-refractivity contribution in [3.8, 4) is 0 Å². The average molecular weight is 325 g/mol. The maximum Gasteiger partial charge on any atom is 0.343 e. The smallest absolute Gasteiger partial charge is 0.343 e. The molecule has 2 aromatic carbocycles. The quantitative estimate of drug-likeness (QED) is 0.686. The number of nitrogens with one attached hydrogen (secondary N) is 2. The van der Waals surface area contributed by atoms with Gasteiger partial charge in [0.05, 0.1) is 16.5 Å². The minimum absolute atomic E-state index is 0.0382. The van der Waals surface area contributed by atoms with E-state index in [1.54, 1.807) is 0 Å². The van der Waals surface area contributed by atoms with E-state index in [9.17, 15) is 14.4 Å². The van der Waals surface area contributed by atoms with Crippen molar-refractivity contribution in [2.45, 2.75) is 13.5 Å². The topological polar surface area (TPSA) is 104 Å². The van der Waals surface area contributed by atoms with Crippen molar-refractivity contribution < 1.29 is 14.7 Å². The monoisotopic (exact) mass is 325 g/mol. The summed E-state index contributed by atoms with van der Waals surface area (Å²) in [4.78, 5) is 35.5. The molecule has 7 nitrogen and oxygen atoms in total. The first-order valence-electron chi connectivity index (χ1n) is 7.28. The molecular weight excluding hydrogens is 310 g/mol. The van der Waals surface area contributed by atoms with E-state index in [-0.39, 0.29) is 17.5 Å². The number of carboxylic acid groups (broad SMARTS) is 1. The Morgan fingerprint density at radius 1 is 1.21 bits per heavy atom. The van der Waals surface area contributed by atoms with Gasteiger partial charge < -0.3 is 10.4 Å². The van der Waals surface area contributed by atoms with E-state index in [0.717, 1.165) is 15.8 Å². The molecular formula is C17H15N3O4. The number of benzene rings is 2. The van der Waals surface area contributed by atoms with Crippen LogP contribution in [0.4, 0.5) is 4.79 Å². The Hall–Kier alpha value is -3.35. The summed E-state index contributed by atoms with van der Waals surface area (Å²) in [5.74, 6) is -1.10. The number of aryl methyl sites for hydroxylation is 1. The molecule has 0 unspecified atom stereocenters. The highest BCUT2D eigenvalue weighted by molar-refractivity contribution is 5.93. The van der Waals surface area contributed by atoms with Gasteiger partial charge in [0.2, 0.25) is 0 Å². The Balaban J connectivity index is 1.87. The molecule has 0 spiro atoms. The second-order valence-corrected chi connectivity index (χ2v) is 5.40. The van der Waals surface area contributed by atoms with Gasteiger partial charge in [-0.25, -0.2) is 9.59 Å². The van der Waals surface area contributed by atoms with Crippen molar-refractivity contribution in [3.63, 3.8) is 0 Å². The molecule has 3 rings (SSSR count). The van der Waals surface area contributed by atoms with Crippen molar-refractivity contribution in [1.29, 1.82) is 0 Å². The molecule has 122 valence electrons. The lowest BCUT2D eigenvalue weighted by molar-refractivity contribution is 0.0697. The standard InChI is InChI=1S/C17H15N3O4/c1-10-4-2-3-5-12(10)9-18-17(24)20-15(21)13-7-6-11(16(22)23)8-14(13)19-20/h2-8,19H,9H2,1H3,(H,18,24)(H,22,23). The number of rotatable bonds is 3. The van der Waals surface area contributed by atoms with Gasteiger partial charge >= 0.3 is 12.0 Å². The lowest BCUT2D eigenvalue weighted by Gasteiger charge is -2.07. The lowest BCUT2D eigenvalue weighted by Crippen LogP contribution is -2.35. The molecule has 0 radical (unpaired) electrons. The van der Waals surface area contributed by atoms with E-state index in [0.29, 0.717) is 5.52 Å². The summed E-state index contributed by atoms with van der Waals surface area (Å²) in [5.41, 5.74) is 1.79. The summed E-state index contributed by atoms with van der Waals surface area (Å²) in [7, 11) is 0. The maximum absolute atomic E-state index is 12.3. The van der Waals surface area contributed by atoms with Gasteiger partial charge in [-0.15, -0.1) is 0 Å². The van der Waals surface area contributed by atoms with Crippen LogP contribution in [0, 0.1) is 6.92 Å². The molecule has 0 bridgehead atoms. The van der Waals surface area contributed by atoms with Crippen LogP contribution in [0.2, 0.25) is 0 Å². The largest absolute Gasteiger partial charge is 0.478 e. The minimum Gasteiger partial charge on any atom is -0.478 e. The van der Waals surface area contributed by atoms with Crippen LogP contribution in [-0.4, -0.2) is 26.9 Å². The molecule has 0 atom stereocenters. The number of H-pyrrole nitrogens is 1. The molecule has 3 aromatic rings. The molecule has 1 heterocycles. The zero-order valence-corrected chi connectivity index (χ0v) is 12.9. The minimum atomic E-state index is -1.10. The van der Waals surface area contributed by atoms with E-state index in [4.69, 9.17) is 5.11 Å². The molecule has 0 aliphatic heterocycles. The van der Waals surface area contributed by atoms with Gasteiger partial charge in [-0.05, 0) is 36.2 Å². The molecule has 3 N–H and O–H groups in total. The number of carbonyl (C=O) groups excluding carboxylic acids is 1. The Morgan fingerprint density at radius 3 is 2.67 bits per heavy atom. The van der Waals surface area contributed by atoms with Gasteiger partial charge in [-0.2, -0.15) is 4.68 Å². The van der Waals surface area contributed by atoms with E-state index in [2.05, 4.69) is 10.4 Å². The van der Waals surface area contributed by atoms with Crippen molar-refractivity contribution in [2.75, 3.05) is 0 Å². The fourth-order valence-electron chi connectivity index (χ4n) is 2.45. The number of hydrogen-bond donors (Lipinski definition) is 3. The molecule has 0 saturated carbocycles. The van der Waals surface area contributed by atoms with E-state index < -0.39 is 17.6 Å². The van der Waals surface area contributed by atoms with Gasteiger partial charge in [0.25, 0.3) is 5.56 Å². The highest BCUT2D eigenvalue weighted by atomic mass is 16.4. The zero-order chi connectivity index (χ0) is 17.3. The second-order valence-electron chi connectivity index (χ2n) is 5.40. The highest BCUT2D eigenvalue weighted by Crippen LogP contribution is 2.11. The number of aromatic amines is 1. The lowest BCUT2D eigenvalue weighted by atomic mass is 10.1. The van der Waals surface area contributed by atoms with Gasteiger partial charge in [0.15, 0.2) is 0 Å². The van der Waals surface area contributed by atoms with Crippen LogP contribution in [0.15, 0.2) is 47.3 Å². The molecule has 0 saturated heterocycles. The highest BCUT2D eigenvalue weighted by Gasteiger charge is 2.14. The fourth-order valence-corrected chi connectivity index (χ4v) is 2.45. The second kappa shape index (κ2) is 6.04.